The average molecular weight is 206 g/mol. The van der Waals surface area contributed by atoms with Crippen LogP contribution in [0.3, 0.4) is 0 Å². The predicted octanol–water partition coefficient (Wildman–Crippen LogP) is 3.00. The molecule has 0 saturated heterocycles. The quantitative estimate of drug-likeness (QED) is 0.654. The van der Waals surface area contributed by atoms with E-state index in [0.29, 0.717) is 17.8 Å². The van der Waals surface area contributed by atoms with Crippen molar-refractivity contribution in [2.45, 2.75) is 45.6 Å². The fourth-order valence-electron chi connectivity index (χ4n) is 5.07. The van der Waals surface area contributed by atoms with Crippen LogP contribution in [0.15, 0.2) is 12.2 Å². The Kier molecular flexibility index (Phi) is 1.65. The summed E-state index contributed by atoms with van der Waals surface area (Å²) in [6, 6.07) is 0. The molecular formula is C14H22O. The largest absolute Gasteiger partial charge is 0.389 e. The lowest BCUT2D eigenvalue weighted by atomic mass is 9.40. The van der Waals surface area contributed by atoms with Gasteiger partial charge in [-0.3, -0.25) is 0 Å². The van der Waals surface area contributed by atoms with Crippen LogP contribution in [-0.4, -0.2) is 10.7 Å². The van der Waals surface area contributed by atoms with Gasteiger partial charge in [0, 0.05) is 5.41 Å². The van der Waals surface area contributed by atoms with E-state index < -0.39 is 0 Å². The third-order valence-electron chi connectivity index (χ3n) is 5.84. The second kappa shape index (κ2) is 2.51. The van der Waals surface area contributed by atoms with Crippen molar-refractivity contribution in [2.75, 3.05) is 0 Å². The van der Waals surface area contributed by atoms with Crippen molar-refractivity contribution in [3.63, 3.8) is 0 Å². The molecule has 0 unspecified atom stereocenters. The van der Waals surface area contributed by atoms with E-state index in [4.69, 9.17) is 0 Å². The molecule has 0 radical (unpaired) electrons. The Hall–Kier alpha value is -0.300. The number of rotatable bonds is 1. The van der Waals surface area contributed by atoms with E-state index in [9.17, 15) is 5.11 Å². The lowest BCUT2D eigenvalue weighted by molar-refractivity contribution is -0.261. The maximum absolute atomic E-state index is 10.8. The first kappa shape index (κ1) is 9.89. The first-order chi connectivity index (χ1) is 6.92. The van der Waals surface area contributed by atoms with Crippen molar-refractivity contribution >= 4 is 0 Å². The Bertz CT molecular complexity index is 332. The van der Waals surface area contributed by atoms with Crippen molar-refractivity contribution in [3.8, 4) is 0 Å². The Morgan fingerprint density at radius 2 is 2.13 bits per heavy atom. The minimum absolute atomic E-state index is 0.181. The Labute approximate surface area is 92.6 Å². The van der Waals surface area contributed by atoms with Crippen molar-refractivity contribution in [3.05, 3.63) is 12.2 Å². The minimum atomic E-state index is -0.387. The molecule has 0 aromatic rings. The molecule has 0 amide bonds. The molecular weight excluding hydrogens is 184 g/mol. The molecule has 0 aliphatic heterocycles. The second-order valence-electron chi connectivity index (χ2n) is 6.63. The molecule has 0 spiro atoms. The van der Waals surface area contributed by atoms with E-state index in [1.165, 1.54) is 18.4 Å². The molecule has 0 aromatic heterocycles. The van der Waals surface area contributed by atoms with Crippen molar-refractivity contribution in [2.24, 2.45) is 29.1 Å². The summed E-state index contributed by atoms with van der Waals surface area (Å²) in [4.78, 5) is 0. The van der Waals surface area contributed by atoms with Crippen LogP contribution in [-0.2, 0) is 0 Å². The highest BCUT2D eigenvalue weighted by atomic mass is 16.3. The maximum Gasteiger partial charge on any atom is 0.0780 e. The molecule has 0 aromatic carbocycles. The van der Waals surface area contributed by atoms with Crippen LogP contribution < -0.4 is 0 Å². The number of aliphatic hydroxyl groups is 1. The van der Waals surface area contributed by atoms with Gasteiger partial charge in [-0.05, 0) is 42.9 Å². The van der Waals surface area contributed by atoms with Crippen LogP contribution in [0.5, 0.6) is 0 Å². The molecule has 1 nitrogen and oxygen atoms in total. The molecule has 0 heterocycles. The first-order valence-electron chi connectivity index (χ1n) is 6.32. The van der Waals surface area contributed by atoms with Crippen LogP contribution in [0.4, 0.5) is 0 Å². The fraction of sp³-hybridized carbons (Fsp3) is 0.857. The highest BCUT2D eigenvalue weighted by molar-refractivity contribution is 5.38. The van der Waals surface area contributed by atoms with Crippen LogP contribution in [0.25, 0.3) is 0 Å². The van der Waals surface area contributed by atoms with Gasteiger partial charge in [-0.2, -0.15) is 0 Å². The zero-order valence-corrected chi connectivity index (χ0v) is 10.1. The van der Waals surface area contributed by atoms with Crippen molar-refractivity contribution < 1.29 is 5.11 Å². The molecule has 84 valence electrons. The molecule has 4 saturated carbocycles. The fourth-order valence-corrected chi connectivity index (χ4v) is 5.07. The highest BCUT2D eigenvalue weighted by Crippen LogP contribution is 2.77. The average Bonchev–Trinajstić information content (AvgIpc) is 2.52. The van der Waals surface area contributed by atoms with Gasteiger partial charge in [0.15, 0.2) is 0 Å². The third-order valence-corrected chi connectivity index (χ3v) is 5.84. The van der Waals surface area contributed by atoms with E-state index in [1.807, 2.05) is 0 Å². The SMILES string of the molecule is C=C1C[C@@]2(O)[C@H]3[C@@H]1[C@]2(C)CC[C@H]3C(C)C. The maximum atomic E-state index is 10.8. The van der Waals surface area contributed by atoms with Crippen molar-refractivity contribution in [1.29, 1.82) is 0 Å². The Balaban J connectivity index is 2.01. The molecule has 4 bridgehead atoms. The van der Waals surface area contributed by atoms with Gasteiger partial charge in [-0.25, -0.2) is 0 Å². The van der Waals surface area contributed by atoms with Gasteiger partial charge in [0.05, 0.1) is 5.60 Å². The van der Waals surface area contributed by atoms with Crippen molar-refractivity contribution in [1.82, 2.24) is 0 Å². The molecule has 4 aliphatic rings. The van der Waals surface area contributed by atoms with Gasteiger partial charge in [0.25, 0.3) is 0 Å². The van der Waals surface area contributed by atoms with Crippen LogP contribution in [0.2, 0.25) is 0 Å². The summed E-state index contributed by atoms with van der Waals surface area (Å²) < 4.78 is 0. The number of hydrogen-bond donors (Lipinski definition) is 1. The summed E-state index contributed by atoms with van der Waals surface area (Å²) in [6.07, 6.45) is 3.39. The zero-order chi connectivity index (χ0) is 11.0. The van der Waals surface area contributed by atoms with E-state index in [0.717, 1.165) is 12.3 Å². The molecule has 4 rings (SSSR count). The highest BCUT2D eigenvalue weighted by Gasteiger charge is 2.77. The minimum Gasteiger partial charge on any atom is -0.389 e. The summed E-state index contributed by atoms with van der Waals surface area (Å²) in [6.45, 7) is 11.1. The van der Waals surface area contributed by atoms with Gasteiger partial charge < -0.3 is 5.11 Å². The van der Waals surface area contributed by atoms with Crippen LogP contribution >= 0.6 is 0 Å². The summed E-state index contributed by atoms with van der Waals surface area (Å²) in [5, 5.41) is 10.8. The second-order valence-corrected chi connectivity index (χ2v) is 6.63. The van der Waals surface area contributed by atoms with E-state index >= 15 is 0 Å². The monoisotopic (exact) mass is 206 g/mol. The van der Waals surface area contributed by atoms with E-state index in [2.05, 4.69) is 27.4 Å². The Morgan fingerprint density at radius 1 is 1.47 bits per heavy atom. The predicted molar refractivity (Wildman–Crippen MR) is 61.4 cm³/mol. The topological polar surface area (TPSA) is 20.2 Å². The zero-order valence-electron chi connectivity index (χ0n) is 10.1. The summed E-state index contributed by atoms with van der Waals surface area (Å²) in [5.41, 5.74) is 1.12. The van der Waals surface area contributed by atoms with Crippen LogP contribution in [0.1, 0.15) is 40.0 Å². The molecule has 5 atom stereocenters. The summed E-state index contributed by atoms with van der Waals surface area (Å²) in [5.74, 6) is 2.59. The van der Waals surface area contributed by atoms with Gasteiger partial charge in [0.1, 0.15) is 0 Å². The van der Waals surface area contributed by atoms with E-state index in [1.54, 1.807) is 0 Å². The molecule has 15 heavy (non-hydrogen) atoms. The van der Waals surface area contributed by atoms with Gasteiger partial charge in [-0.15, -0.1) is 0 Å². The molecule has 4 aliphatic carbocycles. The third kappa shape index (κ3) is 0.824. The number of hydrogen-bond acceptors (Lipinski definition) is 1. The smallest absolute Gasteiger partial charge is 0.0780 e. The van der Waals surface area contributed by atoms with E-state index in [-0.39, 0.29) is 11.0 Å². The first-order valence-corrected chi connectivity index (χ1v) is 6.32. The van der Waals surface area contributed by atoms with Crippen LogP contribution in [0, 0.1) is 29.1 Å². The van der Waals surface area contributed by atoms with Gasteiger partial charge in [-0.1, -0.05) is 32.9 Å². The normalized spacial score (nSPS) is 57.1. The van der Waals surface area contributed by atoms with Gasteiger partial charge >= 0.3 is 0 Å². The summed E-state index contributed by atoms with van der Waals surface area (Å²) >= 11 is 0. The lowest BCUT2D eigenvalue weighted by Crippen LogP contribution is -2.69. The molecule has 1 N–H and O–H groups in total. The number of fused-ring (bicyclic) bond motifs is 1. The Morgan fingerprint density at radius 3 is 2.60 bits per heavy atom. The lowest BCUT2D eigenvalue weighted by Gasteiger charge is -2.66. The van der Waals surface area contributed by atoms with Gasteiger partial charge in [0.2, 0.25) is 0 Å². The molecule has 1 heteroatoms. The molecule has 4 fully saturated rings. The standard InChI is InChI=1S/C14H22O/c1-8(2)10-5-6-13(4)11-9(3)7-14(13,15)12(10)11/h8,10-12,15H,3,5-7H2,1-2,4H3/t10-,11+,12+,13-,14+/m0/s1. The summed E-state index contributed by atoms with van der Waals surface area (Å²) in [7, 11) is 0.